The fourth-order valence-electron chi connectivity index (χ4n) is 2.33. The van der Waals surface area contributed by atoms with Crippen LogP contribution in [0.4, 0.5) is 0 Å². The summed E-state index contributed by atoms with van der Waals surface area (Å²) in [6, 6.07) is 12.7. The molecule has 0 spiro atoms. The summed E-state index contributed by atoms with van der Waals surface area (Å²) < 4.78 is 13.6. The van der Waals surface area contributed by atoms with Gasteiger partial charge in [-0.25, -0.2) is 4.79 Å². The molecule has 2 aromatic rings. The van der Waals surface area contributed by atoms with Crippen LogP contribution in [0.25, 0.3) is 0 Å². The zero-order valence-corrected chi connectivity index (χ0v) is 14.5. The zero-order chi connectivity index (χ0) is 18.4. The Balaban J connectivity index is 2.46. The summed E-state index contributed by atoms with van der Waals surface area (Å²) in [5, 5.41) is 0.603. The molecule has 0 aliphatic rings. The highest BCUT2D eigenvalue weighted by Gasteiger charge is 2.27. The number of aryl methyl sites for hydroxylation is 1. The molecule has 124 valence electrons. The molecular weight excluding hydrogens is 322 g/mol. The first-order valence-electron chi connectivity index (χ1n) is 7.99. The fourth-order valence-corrected chi connectivity index (χ4v) is 2.45. The van der Waals surface area contributed by atoms with E-state index >= 15 is 0 Å². The molecule has 2 aromatic carbocycles. The van der Waals surface area contributed by atoms with Crippen molar-refractivity contribution in [1.29, 1.82) is 0 Å². The summed E-state index contributed by atoms with van der Waals surface area (Å²) in [6.07, 6.45) is 3.03. The van der Waals surface area contributed by atoms with E-state index < -0.39 is 17.9 Å². The molecule has 0 bridgehead atoms. The van der Waals surface area contributed by atoms with E-state index in [1.54, 1.807) is 30.3 Å². The average Bonchev–Trinajstić information content (AvgIpc) is 2.61. The molecule has 0 amide bonds. The number of benzene rings is 2. The van der Waals surface area contributed by atoms with Crippen LogP contribution in [0.5, 0.6) is 0 Å². The predicted molar refractivity (Wildman–Crippen MR) is 99.0 cm³/mol. The first-order chi connectivity index (χ1) is 11.9. The van der Waals surface area contributed by atoms with Crippen molar-refractivity contribution in [1.82, 2.24) is 0 Å². The van der Waals surface area contributed by atoms with Gasteiger partial charge in [-0.2, -0.15) is 0 Å². The van der Waals surface area contributed by atoms with Crippen molar-refractivity contribution in [2.45, 2.75) is 18.9 Å². The smallest absolute Gasteiger partial charge is 0.331 e. The molecule has 0 aliphatic heterocycles. The van der Waals surface area contributed by atoms with Gasteiger partial charge >= 0.3 is 5.97 Å². The van der Waals surface area contributed by atoms with Crippen LogP contribution in [0.3, 0.4) is 0 Å². The summed E-state index contributed by atoms with van der Waals surface area (Å²) >= 11 is 5.87. The van der Waals surface area contributed by atoms with Gasteiger partial charge in [-0.05, 0) is 30.2 Å². The molecule has 0 heterocycles. The molecule has 3 nitrogen and oxygen atoms in total. The number of aliphatic imine (C=N–C) groups is 1. The number of halogens is 1. The van der Waals surface area contributed by atoms with Crippen LogP contribution >= 0.6 is 11.6 Å². The maximum Gasteiger partial charge on any atom is 0.331 e. The molecule has 0 fully saturated rings. The number of carbonyl (C=O) groups excluding carboxylic acids is 1. The van der Waals surface area contributed by atoms with Crippen LogP contribution in [-0.2, 0) is 9.53 Å². The van der Waals surface area contributed by atoms with Gasteiger partial charge in [0.2, 0.25) is 0 Å². The Labute approximate surface area is 149 Å². The Morgan fingerprint density at radius 3 is 2.62 bits per heavy atom. The summed E-state index contributed by atoms with van der Waals surface area (Å²) in [5.41, 5.74) is 2.54. The second-order valence-corrected chi connectivity index (χ2v) is 5.75. The number of rotatable bonds is 6. The van der Waals surface area contributed by atoms with E-state index in [0.717, 1.165) is 16.7 Å². The van der Waals surface area contributed by atoms with Crippen molar-refractivity contribution in [2.75, 3.05) is 7.11 Å². The normalized spacial score (nSPS) is 15.4. The van der Waals surface area contributed by atoms with E-state index in [1.807, 2.05) is 31.2 Å². The van der Waals surface area contributed by atoms with Crippen LogP contribution in [0.1, 0.15) is 24.0 Å². The van der Waals surface area contributed by atoms with Crippen LogP contribution in [0.15, 0.2) is 66.2 Å². The van der Waals surface area contributed by atoms with Gasteiger partial charge in [-0.15, -0.1) is 6.58 Å². The minimum absolute atomic E-state index is 0.603. The lowest BCUT2D eigenvalue weighted by Crippen LogP contribution is -2.27. The molecule has 24 heavy (non-hydrogen) atoms. The van der Waals surface area contributed by atoms with Gasteiger partial charge in [0, 0.05) is 17.2 Å². The number of ether oxygens (including phenoxy) is 1. The lowest BCUT2D eigenvalue weighted by Gasteiger charge is -2.20. The van der Waals surface area contributed by atoms with Crippen LogP contribution < -0.4 is 0 Å². The highest BCUT2D eigenvalue weighted by atomic mass is 35.5. The van der Waals surface area contributed by atoms with Gasteiger partial charge in [0.25, 0.3) is 0 Å². The third-order valence-electron chi connectivity index (χ3n) is 3.55. The molecule has 2 atom stereocenters. The molecule has 0 radical (unpaired) electrons. The van der Waals surface area contributed by atoms with Crippen molar-refractivity contribution in [3.8, 4) is 0 Å². The van der Waals surface area contributed by atoms with Gasteiger partial charge in [0.15, 0.2) is 6.02 Å². The number of hydrogen-bond donors (Lipinski definition) is 0. The van der Waals surface area contributed by atoms with Gasteiger partial charge in [0.05, 0.1) is 8.48 Å². The zero-order valence-electron chi connectivity index (χ0n) is 14.7. The lowest BCUT2D eigenvalue weighted by molar-refractivity contribution is -0.142. The number of esters is 1. The summed E-state index contributed by atoms with van der Waals surface area (Å²) in [6.45, 7) is 5.75. The quantitative estimate of drug-likeness (QED) is 0.438. The maximum absolute atomic E-state index is 12.4. The Bertz CT molecular complexity index is 789. The number of nitrogens with zero attached hydrogens (tertiary/aromatic N) is 1. The predicted octanol–water partition coefficient (Wildman–Crippen LogP) is 4.58. The van der Waals surface area contributed by atoms with E-state index in [-0.39, 0.29) is 0 Å². The van der Waals surface area contributed by atoms with Crippen LogP contribution in [0, 0.1) is 6.92 Å². The van der Waals surface area contributed by atoms with E-state index in [9.17, 15) is 4.79 Å². The summed E-state index contributed by atoms with van der Waals surface area (Å²) in [5.74, 6) is -1.40. The highest BCUT2D eigenvalue weighted by Crippen LogP contribution is 2.25. The van der Waals surface area contributed by atoms with E-state index in [4.69, 9.17) is 17.7 Å². The van der Waals surface area contributed by atoms with E-state index in [1.165, 1.54) is 13.3 Å². The van der Waals surface area contributed by atoms with Gasteiger partial charge in [-0.1, -0.05) is 59.6 Å². The van der Waals surface area contributed by atoms with Gasteiger partial charge in [-0.3, -0.25) is 4.99 Å². The van der Waals surface area contributed by atoms with Crippen molar-refractivity contribution in [2.24, 2.45) is 4.99 Å². The summed E-state index contributed by atoms with van der Waals surface area (Å²) in [4.78, 5) is 16.6. The molecule has 0 N–H and O–H groups in total. The largest absolute Gasteiger partial charge is 0.467 e. The minimum atomic E-state index is -1.87. The minimum Gasteiger partial charge on any atom is -0.467 e. The molecule has 2 rings (SSSR count). The second kappa shape index (κ2) is 8.46. The van der Waals surface area contributed by atoms with Crippen LogP contribution in [0.2, 0.25) is 5.02 Å². The number of hydrogen-bond acceptors (Lipinski definition) is 3. The summed E-state index contributed by atoms with van der Waals surface area (Å²) in [7, 11) is 1.25. The standard InChI is InChI=1S/C20H20ClNO2/c1-4-18(16-7-5-6-14(2)12-16)19(20(23)24-3)22-13-15-8-10-17(21)11-9-15/h4-13,18-19H,1H2,2-3H3/t18-,19+/m1/s1/i19D. The van der Waals surface area contributed by atoms with Crippen molar-refractivity contribution >= 4 is 23.8 Å². The van der Waals surface area contributed by atoms with Crippen molar-refractivity contribution in [3.63, 3.8) is 0 Å². The third-order valence-corrected chi connectivity index (χ3v) is 3.80. The third kappa shape index (κ3) is 4.56. The first kappa shape index (κ1) is 16.5. The molecule has 0 unspecified atom stereocenters. The van der Waals surface area contributed by atoms with Crippen LogP contribution in [-0.4, -0.2) is 25.3 Å². The first-order valence-corrected chi connectivity index (χ1v) is 7.87. The fraction of sp³-hybridized carbons (Fsp3) is 0.200. The van der Waals surface area contributed by atoms with Gasteiger partial charge < -0.3 is 4.74 Å². The Morgan fingerprint density at radius 1 is 1.33 bits per heavy atom. The lowest BCUT2D eigenvalue weighted by atomic mass is 9.91. The molecule has 0 aliphatic carbocycles. The van der Waals surface area contributed by atoms with E-state index in [2.05, 4.69) is 11.6 Å². The monoisotopic (exact) mass is 342 g/mol. The maximum atomic E-state index is 12.4. The van der Waals surface area contributed by atoms with Crippen molar-refractivity contribution < 1.29 is 10.9 Å². The molecule has 0 saturated heterocycles. The number of carbonyl (C=O) groups is 1. The number of methoxy groups -OCH3 is 1. The Kier molecular flexibility index (Phi) is 5.80. The average molecular weight is 343 g/mol. The Morgan fingerprint density at radius 2 is 2.04 bits per heavy atom. The van der Waals surface area contributed by atoms with E-state index in [0.29, 0.717) is 5.02 Å². The Hall–Kier alpha value is -2.39. The topological polar surface area (TPSA) is 38.7 Å². The molecule has 0 saturated carbocycles. The van der Waals surface area contributed by atoms with Gasteiger partial charge in [0.1, 0.15) is 0 Å². The molecule has 0 aromatic heterocycles. The SMILES string of the molecule is [2H][C@@](N=Cc1ccc(Cl)cc1)(C(=O)OC)[C@H](C=C)c1cccc(C)c1. The highest BCUT2D eigenvalue weighted by molar-refractivity contribution is 6.30. The second-order valence-electron chi connectivity index (χ2n) is 5.31. The molecular formula is C20H20ClNO2. The van der Waals surface area contributed by atoms with Crippen molar-refractivity contribution in [3.05, 3.63) is 82.9 Å². The molecule has 4 heteroatoms.